The van der Waals surface area contributed by atoms with E-state index in [0.29, 0.717) is 38.6 Å². The lowest BCUT2D eigenvalue weighted by Crippen LogP contribution is -2.10. The Hall–Kier alpha value is -3.96. The number of nitriles is 1. The molecule has 0 fully saturated rings. The highest BCUT2D eigenvalue weighted by atomic mass is 32.3. The van der Waals surface area contributed by atoms with Gasteiger partial charge in [-0.2, -0.15) is 13.7 Å². The number of halogens is 1. The molecule has 0 saturated carbocycles. The van der Waals surface area contributed by atoms with E-state index in [0.717, 1.165) is 16.5 Å². The molecule has 8 heteroatoms. The number of hydrogen-bond acceptors (Lipinski definition) is 4. The maximum Gasteiger partial charge on any atom is 0.332 e. The average molecular weight is 474 g/mol. The Morgan fingerprint density at radius 3 is 2.50 bits per heavy atom. The predicted molar refractivity (Wildman–Crippen MR) is 131 cm³/mol. The van der Waals surface area contributed by atoms with Gasteiger partial charge in [0, 0.05) is 23.3 Å². The minimum Gasteiger partial charge on any atom is -0.340 e. The second kappa shape index (κ2) is 7.54. The second-order valence-electron chi connectivity index (χ2n) is 8.69. The van der Waals surface area contributed by atoms with E-state index >= 15 is 0 Å². The lowest BCUT2D eigenvalue weighted by molar-refractivity contribution is 0.552. The van der Waals surface area contributed by atoms with Gasteiger partial charge in [0.25, 0.3) is 0 Å². The third kappa shape index (κ3) is 3.28. The molecule has 34 heavy (non-hydrogen) atoms. The van der Waals surface area contributed by atoms with Gasteiger partial charge < -0.3 is 9.55 Å². The summed E-state index contributed by atoms with van der Waals surface area (Å²) in [7, 11) is -3.02. The largest absolute Gasteiger partial charge is 0.340 e. The molecular formula is C26H20FN3O3S. The summed E-state index contributed by atoms with van der Waals surface area (Å²) in [6.07, 6.45) is 0. The number of aryl methyl sites for hydroxylation is 1. The van der Waals surface area contributed by atoms with Crippen LogP contribution in [0.5, 0.6) is 0 Å². The highest BCUT2D eigenvalue weighted by Crippen LogP contribution is 2.35. The van der Waals surface area contributed by atoms with Gasteiger partial charge in [-0.25, -0.2) is 0 Å². The van der Waals surface area contributed by atoms with E-state index in [1.807, 2.05) is 37.6 Å². The van der Waals surface area contributed by atoms with Crippen molar-refractivity contribution < 1.29 is 12.3 Å². The smallest absolute Gasteiger partial charge is 0.332 e. The van der Waals surface area contributed by atoms with Gasteiger partial charge in [-0.1, -0.05) is 32.0 Å². The van der Waals surface area contributed by atoms with Crippen molar-refractivity contribution in [2.75, 3.05) is 0 Å². The number of pyridine rings is 1. The minimum absolute atomic E-state index is 0.0200. The van der Waals surface area contributed by atoms with Crippen molar-refractivity contribution in [3.63, 3.8) is 0 Å². The van der Waals surface area contributed by atoms with Crippen LogP contribution >= 0.6 is 0 Å². The number of aromatic amines is 1. The number of aromatic nitrogens is 2. The number of nitrogens with one attached hydrogen (secondary N) is 1. The van der Waals surface area contributed by atoms with E-state index in [4.69, 9.17) is 0 Å². The van der Waals surface area contributed by atoms with Crippen LogP contribution in [0.25, 0.3) is 44.0 Å². The fraction of sp³-hybridized carbons (Fsp3) is 0.154. The van der Waals surface area contributed by atoms with Crippen LogP contribution in [0.15, 0.2) is 64.3 Å². The van der Waals surface area contributed by atoms with E-state index in [1.165, 1.54) is 18.2 Å². The molecule has 0 aliphatic rings. The van der Waals surface area contributed by atoms with Gasteiger partial charge in [-0.05, 0) is 59.0 Å². The standard InChI is InChI=1S/C26H20FN3O3S/c1-14(2)19-11-21-23(12-20(19)16-5-4-6-17(10-16)34(27,32)33)30(3)26-24(25(21)31)18-8-7-15(13-28)9-22(18)29-26/h4-12,14,29H,1-3H3. The van der Waals surface area contributed by atoms with E-state index in [2.05, 4.69) is 11.1 Å². The first kappa shape index (κ1) is 21.9. The lowest BCUT2D eigenvalue weighted by atomic mass is 9.90. The summed E-state index contributed by atoms with van der Waals surface area (Å²) in [4.78, 5) is 16.5. The summed E-state index contributed by atoms with van der Waals surface area (Å²) in [5.74, 6) is 0.0200. The molecule has 0 saturated heterocycles. The van der Waals surface area contributed by atoms with Crippen molar-refractivity contribution in [2.24, 2.45) is 7.05 Å². The number of rotatable bonds is 3. The summed E-state index contributed by atoms with van der Waals surface area (Å²) in [5, 5.41) is 11.1. The Balaban J connectivity index is 1.90. The Kier molecular flexibility index (Phi) is 4.85. The zero-order valence-electron chi connectivity index (χ0n) is 18.7. The molecule has 0 aliphatic carbocycles. The van der Waals surface area contributed by atoms with E-state index in [9.17, 15) is 22.4 Å². The molecule has 6 nitrogen and oxygen atoms in total. The summed E-state index contributed by atoms with van der Waals surface area (Å²) < 4.78 is 38.5. The molecule has 1 N–H and O–H groups in total. The summed E-state index contributed by atoms with van der Waals surface area (Å²) in [6.45, 7) is 3.97. The van der Waals surface area contributed by atoms with Gasteiger partial charge >= 0.3 is 10.2 Å². The van der Waals surface area contributed by atoms with Gasteiger partial charge in [-0.3, -0.25) is 4.79 Å². The monoisotopic (exact) mass is 473 g/mol. The molecule has 0 amide bonds. The molecule has 3 aromatic carbocycles. The molecule has 0 radical (unpaired) electrons. The van der Waals surface area contributed by atoms with Crippen molar-refractivity contribution in [3.05, 3.63) is 75.9 Å². The zero-order chi connectivity index (χ0) is 24.4. The van der Waals surface area contributed by atoms with E-state index < -0.39 is 15.1 Å². The number of hydrogen-bond donors (Lipinski definition) is 1. The van der Waals surface area contributed by atoms with Gasteiger partial charge in [0.2, 0.25) is 0 Å². The topological polar surface area (TPSA) is 95.7 Å². The predicted octanol–water partition coefficient (Wildman–Crippen LogP) is 5.49. The second-order valence-corrected chi connectivity index (χ2v) is 10.0. The molecule has 5 aromatic rings. The van der Waals surface area contributed by atoms with Crippen LogP contribution in [0.4, 0.5) is 3.89 Å². The zero-order valence-corrected chi connectivity index (χ0v) is 19.5. The normalized spacial score (nSPS) is 12.1. The molecule has 0 unspecified atom stereocenters. The van der Waals surface area contributed by atoms with E-state index in [-0.39, 0.29) is 11.3 Å². The third-order valence-electron chi connectivity index (χ3n) is 6.29. The first-order valence-electron chi connectivity index (χ1n) is 10.7. The van der Waals surface area contributed by atoms with Crippen molar-refractivity contribution in [1.29, 1.82) is 5.26 Å². The molecule has 0 aliphatic heterocycles. The molecule has 5 rings (SSSR count). The Labute approximate surface area is 195 Å². The molecule has 170 valence electrons. The van der Waals surface area contributed by atoms with Crippen molar-refractivity contribution in [2.45, 2.75) is 24.7 Å². The van der Waals surface area contributed by atoms with Gasteiger partial charge in [0.1, 0.15) is 5.65 Å². The minimum atomic E-state index is -4.86. The fourth-order valence-corrected chi connectivity index (χ4v) is 5.11. The summed E-state index contributed by atoms with van der Waals surface area (Å²) in [6, 6.07) is 16.7. The third-order valence-corrected chi connectivity index (χ3v) is 7.11. The van der Waals surface area contributed by atoms with Crippen LogP contribution in [0, 0.1) is 11.3 Å². The first-order valence-corrected chi connectivity index (χ1v) is 12.1. The quantitative estimate of drug-likeness (QED) is 0.350. The number of benzene rings is 3. The van der Waals surface area contributed by atoms with E-state index in [1.54, 1.807) is 24.3 Å². The highest BCUT2D eigenvalue weighted by Gasteiger charge is 2.20. The maximum atomic E-state index is 13.7. The van der Waals surface area contributed by atoms with Crippen LogP contribution < -0.4 is 5.43 Å². The molecule has 0 atom stereocenters. The lowest BCUT2D eigenvalue weighted by Gasteiger charge is -2.17. The van der Waals surface area contributed by atoms with Gasteiger partial charge in [-0.15, -0.1) is 3.89 Å². The number of H-pyrrole nitrogens is 1. The maximum absolute atomic E-state index is 13.7. The Bertz CT molecular complexity index is 1860. The van der Waals surface area contributed by atoms with Crippen LogP contribution in [0.2, 0.25) is 0 Å². The Morgan fingerprint density at radius 2 is 1.82 bits per heavy atom. The average Bonchev–Trinajstić information content (AvgIpc) is 3.20. The SMILES string of the molecule is CC(C)c1cc2c(=O)c3c4ccc(C#N)cc4[nH]c3n(C)c2cc1-c1cccc(S(=O)(=O)F)c1. The molecule has 2 aromatic heterocycles. The summed E-state index contributed by atoms with van der Waals surface area (Å²) in [5.41, 5.74) is 4.45. The highest BCUT2D eigenvalue weighted by molar-refractivity contribution is 7.86. The summed E-state index contributed by atoms with van der Waals surface area (Å²) >= 11 is 0. The number of fused-ring (bicyclic) bond motifs is 4. The van der Waals surface area contributed by atoms with Gasteiger partial charge in [0.15, 0.2) is 5.43 Å². The van der Waals surface area contributed by atoms with Crippen LogP contribution in [-0.2, 0) is 17.3 Å². The molecule has 0 bridgehead atoms. The molecular weight excluding hydrogens is 453 g/mol. The van der Waals surface area contributed by atoms with Crippen molar-refractivity contribution in [1.82, 2.24) is 9.55 Å². The van der Waals surface area contributed by atoms with Crippen molar-refractivity contribution >= 4 is 43.1 Å². The van der Waals surface area contributed by atoms with Crippen LogP contribution in [-0.4, -0.2) is 18.0 Å². The van der Waals surface area contributed by atoms with Gasteiger partial charge in [0.05, 0.1) is 27.4 Å². The Morgan fingerprint density at radius 1 is 1.06 bits per heavy atom. The number of nitrogens with zero attached hydrogens (tertiary/aromatic N) is 2. The molecule has 0 spiro atoms. The fourth-order valence-electron chi connectivity index (χ4n) is 4.60. The van der Waals surface area contributed by atoms with Crippen LogP contribution in [0.3, 0.4) is 0 Å². The first-order chi connectivity index (χ1) is 16.1. The molecule has 2 heterocycles. The van der Waals surface area contributed by atoms with Crippen molar-refractivity contribution in [3.8, 4) is 17.2 Å². The van der Waals surface area contributed by atoms with Crippen LogP contribution in [0.1, 0.15) is 30.9 Å².